The van der Waals surface area contributed by atoms with Crippen molar-refractivity contribution in [1.29, 1.82) is 0 Å². The van der Waals surface area contributed by atoms with Gasteiger partial charge in [0, 0.05) is 18.2 Å². The smallest absolute Gasteiger partial charge is 0.165 e. The first kappa shape index (κ1) is 18.6. The van der Waals surface area contributed by atoms with Crippen LogP contribution >= 0.6 is 0 Å². The predicted octanol–water partition coefficient (Wildman–Crippen LogP) is 5.90. The Morgan fingerprint density at radius 1 is 1.14 bits per heavy atom. The number of nitrogens with zero attached hydrogens (tertiary/aromatic N) is 2. The standard InChI is InChI=1S/C25H36N2O/c1-4-27-14-11-19(26-27)15-17-16-22-20-9-8-18-7-5-6-12-24(18,2)21(20)10-13-25(22,3)23(17)28/h11,14-15,18,20-22H,4-10,12-13,16H2,1-3H3/b17-15+. The van der Waals surface area contributed by atoms with Crippen LogP contribution in [0.1, 0.15) is 84.3 Å². The number of hydrogen-bond donors (Lipinski definition) is 0. The molecular weight excluding hydrogens is 344 g/mol. The van der Waals surface area contributed by atoms with Crippen LogP contribution in [0.5, 0.6) is 0 Å². The molecule has 0 spiro atoms. The fourth-order valence-electron chi connectivity index (χ4n) is 7.90. The highest BCUT2D eigenvalue weighted by molar-refractivity contribution is 6.05. The van der Waals surface area contributed by atoms with Crippen LogP contribution in [-0.2, 0) is 11.3 Å². The molecule has 0 N–H and O–H groups in total. The Bertz CT molecular complexity index is 807. The maximum Gasteiger partial charge on any atom is 0.165 e. The molecule has 5 rings (SSSR count). The zero-order valence-electron chi connectivity index (χ0n) is 17.9. The summed E-state index contributed by atoms with van der Waals surface area (Å²) in [6.45, 7) is 7.88. The molecule has 6 atom stereocenters. The van der Waals surface area contributed by atoms with Crippen molar-refractivity contribution in [2.45, 2.75) is 85.1 Å². The molecule has 28 heavy (non-hydrogen) atoms. The van der Waals surface area contributed by atoms with Crippen molar-refractivity contribution < 1.29 is 4.79 Å². The van der Waals surface area contributed by atoms with E-state index in [1.165, 1.54) is 44.9 Å². The van der Waals surface area contributed by atoms with Gasteiger partial charge in [-0.1, -0.05) is 26.7 Å². The van der Waals surface area contributed by atoms with Crippen molar-refractivity contribution in [1.82, 2.24) is 9.78 Å². The molecule has 0 radical (unpaired) electrons. The number of carbonyl (C=O) groups excluding carboxylic acids is 1. The molecule has 0 saturated heterocycles. The van der Waals surface area contributed by atoms with Gasteiger partial charge in [-0.3, -0.25) is 9.48 Å². The molecule has 0 aliphatic heterocycles. The Hall–Kier alpha value is -1.38. The second-order valence-corrected chi connectivity index (χ2v) is 10.7. The lowest BCUT2D eigenvalue weighted by atomic mass is 9.45. The first-order valence-electron chi connectivity index (χ1n) is 11.7. The molecular formula is C25H36N2O. The molecule has 4 aliphatic rings. The molecule has 3 nitrogen and oxygen atoms in total. The topological polar surface area (TPSA) is 34.9 Å². The van der Waals surface area contributed by atoms with Crippen molar-refractivity contribution in [3.05, 3.63) is 23.5 Å². The molecule has 1 aromatic heterocycles. The van der Waals surface area contributed by atoms with Gasteiger partial charge in [0.1, 0.15) is 0 Å². The normalized spacial score (nSPS) is 44.2. The van der Waals surface area contributed by atoms with Crippen LogP contribution in [0, 0.1) is 34.5 Å². The van der Waals surface area contributed by atoms with Crippen molar-refractivity contribution >= 4 is 11.9 Å². The van der Waals surface area contributed by atoms with E-state index >= 15 is 0 Å². The summed E-state index contributed by atoms with van der Waals surface area (Å²) in [6, 6.07) is 2.05. The Labute approximate surface area is 170 Å². The van der Waals surface area contributed by atoms with Gasteiger partial charge in [0.25, 0.3) is 0 Å². The van der Waals surface area contributed by atoms with Crippen LogP contribution in [0.4, 0.5) is 0 Å². The lowest BCUT2D eigenvalue weighted by molar-refractivity contribution is -0.137. The molecule has 1 aromatic rings. The van der Waals surface area contributed by atoms with E-state index in [4.69, 9.17) is 0 Å². The molecule has 0 amide bonds. The number of Topliss-reactive ketones (excluding diaryl/α,β-unsaturated/α-hetero) is 1. The third-order valence-electron chi connectivity index (χ3n) is 9.53. The fraction of sp³-hybridized carbons (Fsp3) is 0.760. The summed E-state index contributed by atoms with van der Waals surface area (Å²) in [6.07, 6.45) is 16.0. The van der Waals surface area contributed by atoms with E-state index in [1.807, 2.05) is 16.9 Å². The molecule has 4 saturated carbocycles. The van der Waals surface area contributed by atoms with E-state index in [0.29, 0.717) is 17.1 Å². The van der Waals surface area contributed by atoms with Gasteiger partial charge in [0.15, 0.2) is 5.78 Å². The van der Waals surface area contributed by atoms with Crippen LogP contribution in [0.2, 0.25) is 0 Å². The van der Waals surface area contributed by atoms with Crippen molar-refractivity contribution in [3.63, 3.8) is 0 Å². The molecule has 3 heteroatoms. The SMILES string of the molecule is CCn1ccc(/C=C2\CC3C4CCC5CCCCC5(C)C4CCC3(C)C2=O)n1. The van der Waals surface area contributed by atoms with Gasteiger partial charge in [-0.25, -0.2) is 0 Å². The summed E-state index contributed by atoms with van der Waals surface area (Å²) in [7, 11) is 0. The quantitative estimate of drug-likeness (QED) is 0.599. The first-order valence-corrected chi connectivity index (χ1v) is 11.7. The highest BCUT2D eigenvalue weighted by Gasteiger charge is 2.60. The van der Waals surface area contributed by atoms with E-state index in [9.17, 15) is 4.79 Å². The van der Waals surface area contributed by atoms with Crippen molar-refractivity contribution in [3.8, 4) is 0 Å². The van der Waals surface area contributed by atoms with Crippen molar-refractivity contribution in [2.75, 3.05) is 0 Å². The van der Waals surface area contributed by atoms with E-state index in [0.717, 1.165) is 48.4 Å². The van der Waals surface area contributed by atoms with Gasteiger partial charge >= 0.3 is 0 Å². The predicted molar refractivity (Wildman–Crippen MR) is 113 cm³/mol. The molecule has 152 valence electrons. The van der Waals surface area contributed by atoms with Gasteiger partial charge in [-0.15, -0.1) is 0 Å². The largest absolute Gasteiger partial charge is 0.294 e. The summed E-state index contributed by atoms with van der Waals surface area (Å²) in [5, 5.41) is 4.60. The summed E-state index contributed by atoms with van der Waals surface area (Å²) >= 11 is 0. The Balaban J connectivity index is 1.45. The van der Waals surface area contributed by atoms with Gasteiger partial charge in [-0.05, 0) is 98.7 Å². The number of allylic oxidation sites excluding steroid dienone is 1. The van der Waals surface area contributed by atoms with E-state index in [1.54, 1.807) is 0 Å². The minimum Gasteiger partial charge on any atom is -0.294 e. The first-order chi connectivity index (χ1) is 13.5. The fourth-order valence-corrected chi connectivity index (χ4v) is 7.90. The Morgan fingerprint density at radius 3 is 2.79 bits per heavy atom. The van der Waals surface area contributed by atoms with Crippen LogP contribution in [0.15, 0.2) is 17.8 Å². The average molecular weight is 381 g/mol. The Kier molecular flexibility index (Phi) is 4.37. The molecule has 0 bridgehead atoms. The zero-order valence-corrected chi connectivity index (χ0v) is 17.9. The number of hydrogen-bond acceptors (Lipinski definition) is 2. The molecule has 0 aromatic carbocycles. The zero-order chi connectivity index (χ0) is 19.5. The number of aryl methyl sites for hydroxylation is 1. The number of fused-ring (bicyclic) bond motifs is 5. The third kappa shape index (κ3) is 2.60. The third-order valence-corrected chi connectivity index (χ3v) is 9.53. The molecule has 4 fully saturated rings. The lowest BCUT2D eigenvalue weighted by Crippen LogP contribution is -2.52. The number of carbonyl (C=O) groups is 1. The highest BCUT2D eigenvalue weighted by Crippen LogP contribution is 2.66. The molecule has 4 aliphatic carbocycles. The van der Waals surface area contributed by atoms with Crippen LogP contribution in [0.25, 0.3) is 6.08 Å². The highest BCUT2D eigenvalue weighted by atomic mass is 16.1. The maximum absolute atomic E-state index is 13.5. The second kappa shape index (κ2) is 6.57. The summed E-state index contributed by atoms with van der Waals surface area (Å²) in [4.78, 5) is 13.5. The molecule has 1 heterocycles. The minimum absolute atomic E-state index is 0.127. The van der Waals surface area contributed by atoms with Crippen LogP contribution in [0.3, 0.4) is 0 Å². The summed E-state index contributed by atoms with van der Waals surface area (Å²) < 4.78 is 1.95. The number of ketones is 1. The van der Waals surface area contributed by atoms with Crippen molar-refractivity contribution in [2.24, 2.45) is 34.5 Å². The Morgan fingerprint density at radius 2 is 2.00 bits per heavy atom. The second-order valence-electron chi connectivity index (χ2n) is 10.7. The van der Waals surface area contributed by atoms with Crippen LogP contribution < -0.4 is 0 Å². The summed E-state index contributed by atoms with van der Waals surface area (Å²) in [5.74, 6) is 3.52. The van der Waals surface area contributed by atoms with E-state index in [2.05, 4.69) is 31.9 Å². The molecule has 6 unspecified atom stereocenters. The number of aromatic nitrogens is 2. The summed E-state index contributed by atoms with van der Waals surface area (Å²) in [5.41, 5.74) is 2.41. The van der Waals surface area contributed by atoms with Gasteiger partial charge < -0.3 is 0 Å². The minimum atomic E-state index is -0.127. The maximum atomic E-state index is 13.5. The van der Waals surface area contributed by atoms with E-state index < -0.39 is 0 Å². The van der Waals surface area contributed by atoms with Gasteiger partial charge in [0.05, 0.1) is 5.69 Å². The van der Waals surface area contributed by atoms with Gasteiger partial charge in [-0.2, -0.15) is 5.10 Å². The van der Waals surface area contributed by atoms with E-state index in [-0.39, 0.29) is 5.41 Å². The monoisotopic (exact) mass is 380 g/mol. The lowest BCUT2D eigenvalue weighted by Gasteiger charge is -2.59. The average Bonchev–Trinajstić information content (AvgIpc) is 3.25. The van der Waals surface area contributed by atoms with Gasteiger partial charge in [0.2, 0.25) is 0 Å². The number of rotatable bonds is 2. The van der Waals surface area contributed by atoms with Crippen LogP contribution in [-0.4, -0.2) is 15.6 Å².